The Morgan fingerprint density at radius 1 is 1.35 bits per heavy atom. The molecule has 0 radical (unpaired) electrons. The van der Waals surface area contributed by atoms with Gasteiger partial charge in [0.2, 0.25) is 5.91 Å². The molecule has 0 aliphatic carbocycles. The van der Waals surface area contributed by atoms with Crippen LogP contribution in [0.5, 0.6) is 0 Å². The summed E-state index contributed by atoms with van der Waals surface area (Å²) in [4.78, 5) is 22.2. The zero-order chi connectivity index (χ0) is 12.1. The smallest absolute Gasteiger partial charge is 0.251 e. The van der Waals surface area contributed by atoms with E-state index in [1.807, 2.05) is 6.92 Å². The van der Waals surface area contributed by atoms with Crippen LogP contribution in [-0.2, 0) is 4.79 Å². The van der Waals surface area contributed by atoms with Crippen molar-refractivity contribution in [2.45, 2.75) is 13.3 Å². The van der Waals surface area contributed by atoms with Gasteiger partial charge >= 0.3 is 0 Å². The molecule has 94 valence electrons. The number of nitrogens with one attached hydrogen (secondary N) is 1. The van der Waals surface area contributed by atoms with Crippen LogP contribution in [-0.4, -0.2) is 18.4 Å². The standard InChI is InChI=1S/C11H15N3O2.ClH/c1-7-2-3-8(12)6-9(7)11(16)14-5-4-10(13)15;/h2-3,6H,4-5,12H2,1H3,(H2,13,15)(H,14,16);1H. The number of nitrogen functional groups attached to an aromatic ring is 1. The van der Waals surface area contributed by atoms with Crippen LogP contribution < -0.4 is 16.8 Å². The van der Waals surface area contributed by atoms with E-state index < -0.39 is 5.91 Å². The van der Waals surface area contributed by atoms with Gasteiger partial charge in [0.15, 0.2) is 0 Å². The fraction of sp³-hybridized carbons (Fsp3) is 0.273. The molecule has 17 heavy (non-hydrogen) atoms. The van der Waals surface area contributed by atoms with Gasteiger partial charge in [0.1, 0.15) is 0 Å². The topological polar surface area (TPSA) is 98.2 Å². The highest BCUT2D eigenvalue weighted by Crippen LogP contribution is 2.12. The fourth-order valence-electron chi connectivity index (χ4n) is 1.28. The number of halogens is 1. The summed E-state index contributed by atoms with van der Waals surface area (Å²) in [5.41, 5.74) is 12.4. The third-order valence-corrected chi connectivity index (χ3v) is 2.16. The van der Waals surface area contributed by atoms with E-state index in [1.165, 1.54) is 0 Å². The number of carbonyl (C=O) groups excluding carboxylic acids is 2. The second-order valence-corrected chi connectivity index (χ2v) is 3.55. The second kappa shape index (κ2) is 6.75. The van der Waals surface area contributed by atoms with E-state index in [9.17, 15) is 9.59 Å². The van der Waals surface area contributed by atoms with Crippen LogP contribution in [0.3, 0.4) is 0 Å². The highest BCUT2D eigenvalue weighted by Gasteiger charge is 2.08. The lowest BCUT2D eigenvalue weighted by Crippen LogP contribution is -2.28. The number of nitrogens with two attached hydrogens (primary N) is 2. The molecule has 0 bridgehead atoms. The molecule has 0 saturated heterocycles. The molecule has 0 heterocycles. The van der Waals surface area contributed by atoms with Crippen molar-refractivity contribution in [1.82, 2.24) is 5.32 Å². The molecule has 0 spiro atoms. The first-order valence-electron chi connectivity index (χ1n) is 4.93. The van der Waals surface area contributed by atoms with E-state index in [0.29, 0.717) is 11.3 Å². The molecule has 0 aliphatic rings. The average Bonchev–Trinajstić information content (AvgIpc) is 2.21. The monoisotopic (exact) mass is 257 g/mol. The molecular formula is C11H16ClN3O2. The van der Waals surface area contributed by atoms with Crippen LogP contribution in [0.15, 0.2) is 18.2 Å². The number of rotatable bonds is 4. The van der Waals surface area contributed by atoms with Crippen LogP contribution in [0.2, 0.25) is 0 Å². The number of aryl methyl sites for hydroxylation is 1. The lowest BCUT2D eigenvalue weighted by molar-refractivity contribution is -0.117. The minimum absolute atomic E-state index is 0. The van der Waals surface area contributed by atoms with Crippen LogP contribution in [0.4, 0.5) is 5.69 Å². The number of carbonyl (C=O) groups is 2. The zero-order valence-electron chi connectivity index (χ0n) is 9.53. The maximum atomic E-state index is 11.7. The van der Waals surface area contributed by atoms with Crippen molar-refractivity contribution in [2.24, 2.45) is 5.73 Å². The van der Waals surface area contributed by atoms with Gasteiger partial charge in [-0.2, -0.15) is 0 Å². The van der Waals surface area contributed by atoms with Gasteiger partial charge in [-0.3, -0.25) is 9.59 Å². The van der Waals surface area contributed by atoms with Gasteiger partial charge < -0.3 is 16.8 Å². The minimum Gasteiger partial charge on any atom is -0.399 e. The number of hydrogen-bond donors (Lipinski definition) is 3. The van der Waals surface area contributed by atoms with Gasteiger partial charge in [0.25, 0.3) is 5.91 Å². The Kier molecular flexibility index (Phi) is 6.06. The Labute approximate surface area is 106 Å². The second-order valence-electron chi connectivity index (χ2n) is 3.55. The van der Waals surface area contributed by atoms with Crippen molar-refractivity contribution < 1.29 is 9.59 Å². The van der Waals surface area contributed by atoms with Gasteiger partial charge in [-0.15, -0.1) is 12.4 Å². The largest absolute Gasteiger partial charge is 0.399 e. The van der Waals surface area contributed by atoms with E-state index in [1.54, 1.807) is 18.2 Å². The number of anilines is 1. The molecule has 1 rings (SSSR count). The van der Waals surface area contributed by atoms with Crippen LogP contribution in [0.1, 0.15) is 22.3 Å². The maximum Gasteiger partial charge on any atom is 0.251 e. The number of primary amides is 1. The molecule has 0 aliphatic heterocycles. The maximum absolute atomic E-state index is 11.7. The fourth-order valence-corrected chi connectivity index (χ4v) is 1.28. The van der Waals surface area contributed by atoms with Gasteiger partial charge in [0.05, 0.1) is 0 Å². The highest BCUT2D eigenvalue weighted by molar-refractivity contribution is 5.96. The first-order chi connectivity index (χ1) is 7.50. The van der Waals surface area contributed by atoms with Crippen molar-refractivity contribution in [1.29, 1.82) is 0 Å². The van der Waals surface area contributed by atoms with E-state index in [4.69, 9.17) is 11.5 Å². The molecule has 2 amide bonds. The molecule has 5 nitrogen and oxygen atoms in total. The predicted molar refractivity (Wildman–Crippen MR) is 69.0 cm³/mol. The Morgan fingerprint density at radius 2 is 2.00 bits per heavy atom. The Balaban J connectivity index is 0.00000256. The minimum atomic E-state index is -0.440. The van der Waals surface area contributed by atoms with Crippen LogP contribution in [0.25, 0.3) is 0 Å². The number of hydrogen-bond acceptors (Lipinski definition) is 3. The third kappa shape index (κ3) is 4.74. The van der Waals surface area contributed by atoms with Gasteiger partial charge in [-0.05, 0) is 24.6 Å². The van der Waals surface area contributed by atoms with E-state index in [-0.39, 0.29) is 31.3 Å². The molecule has 0 saturated carbocycles. The predicted octanol–water partition coefficient (Wildman–Crippen LogP) is 0.604. The Bertz CT molecular complexity index is 421. The molecule has 0 unspecified atom stereocenters. The van der Waals surface area contributed by atoms with E-state index in [0.717, 1.165) is 5.56 Å². The molecule has 1 aromatic rings. The first kappa shape index (κ1) is 15.2. The molecule has 6 heteroatoms. The Hall–Kier alpha value is -1.75. The average molecular weight is 258 g/mol. The molecule has 5 N–H and O–H groups in total. The van der Waals surface area contributed by atoms with Crippen molar-refractivity contribution in [2.75, 3.05) is 12.3 Å². The lowest BCUT2D eigenvalue weighted by Gasteiger charge is -2.07. The summed E-state index contributed by atoms with van der Waals surface area (Å²) >= 11 is 0. The quantitative estimate of drug-likeness (QED) is 0.689. The summed E-state index contributed by atoms with van der Waals surface area (Å²) in [6, 6.07) is 5.11. The summed E-state index contributed by atoms with van der Waals surface area (Å²) in [6.07, 6.45) is 0.132. The Morgan fingerprint density at radius 3 is 2.59 bits per heavy atom. The summed E-state index contributed by atoms with van der Waals surface area (Å²) in [5, 5.41) is 2.60. The van der Waals surface area contributed by atoms with Gasteiger partial charge in [-0.25, -0.2) is 0 Å². The molecule has 1 aromatic carbocycles. The van der Waals surface area contributed by atoms with E-state index in [2.05, 4.69) is 5.32 Å². The van der Waals surface area contributed by atoms with Crippen molar-refractivity contribution in [3.8, 4) is 0 Å². The summed E-state index contributed by atoms with van der Waals surface area (Å²) in [7, 11) is 0. The summed E-state index contributed by atoms with van der Waals surface area (Å²) < 4.78 is 0. The lowest BCUT2D eigenvalue weighted by atomic mass is 10.1. The molecule has 0 atom stereocenters. The highest BCUT2D eigenvalue weighted by atomic mass is 35.5. The van der Waals surface area contributed by atoms with Gasteiger partial charge in [-0.1, -0.05) is 6.07 Å². The SMILES string of the molecule is Cc1ccc(N)cc1C(=O)NCCC(N)=O.Cl. The number of benzene rings is 1. The van der Waals surface area contributed by atoms with Crippen LogP contribution >= 0.6 is 12.4 Å². The van der Waals surface area contributed by atoms with Gasteiger partial charge in [0, 0.05) is 24.2 Å². The van der Waals surface area contributed by atoms with Crippen molar-refractivity contribution >= 4 is 29.9 Å². The molecule has 0 fully saturated rings. The molecule has 0 aromatic heterocycles. The molecular weight excluding hydrogens is 242 g/mol. The van der Waals surface area contributed by atoms with Crippen molar-refractivity contribution in [3.63, 3.8) is 0 Å². The first-order valence-corrected chi connectivity index (χ1v) is 4.93. The van der Waals surface area contributed by atoms with Crippen molar-refractivity contribution in [3.05, 3.63) is 29.3 Å². The normalized spacial score (nSPS) is 9.24. The summed E-state index contributed by atoms with van der Waals surface area (Å²) in [5.74, 6) is -0.685. The zero-order valence-corrected chi connectivity index (χ0v) is 10.3. The summed E-state index contributed by atoms with van der Waals surface area (Å²) in [6.45, 7) is 2.06. The van der Waals surface area contributed by atoms with Crippen LogP contribution in [0, 0.1) is 6.92 Å². The third-order valence-electron chi connectivity index (χ3n) is 2.16. The van der Waals surface area contributed by atoms with E-state index >= 15 is 0 Å². The number of amides is 2.